The number of amides is 1. The molecule has 1 aromatic heterocycles. The molecular formula is C22H30N6O2. The number of hydrogen-bond donors (Lipinski definition) is 1. The summed E-state index contributed by atoms with van der Waals surface area (Å²) in [6.45, 7) is 3.68. The highest BCUT2D eigenvalue weighted by Crippen LogP contribution is 2.23. The zero-order valence-corrected chi connectivity index (χ0v) is 17.8. The van der Waals surface area contributed by atoms with Crippen molar-refractivity contribution in [1.29, 1.82) is 0 Å². The highest BCUT2D eigenvalue weighted by molar-refractivity contribution is 5.93. The van der Waals surface area contributed by atoms with Crippen LogP contribution in [0, 0.1) is 0 Å². The molecule has 0 spiro atoms. The van der Waals surface area contributed by atoms with Crippen molar-refractivity contribution < 1.29 is 9.53 Å². The molecule has 1 N–H and O–H groups in total. The van der Waals surface area contributed by atoms with Gasteiger partial charge in [0.15, 0.2) is 5.96 Å². The van der Waals surface area contributed by atoms with Gasteiger partial charge in [-0.05, 0) is 30.5 Å². The molecule has 0 aliphatic carbocycles. The molecule has 1 aromatic carbocycles. The Kier molecular flexibility index (Phi) is 6.32. The monoisotopic (exact) mass is 410 g/mol. The summed E-state index contributed by atoms with van der Waals surface area (Å²) in [6.07, 6.45) is 6.58. The number of rotatable bonds is 4. The highest BCUT2D eigenvalue weighted by Gasteiger charge is 2.25. The number of anilines is 1. The molecule has 1 atom stereocenters. The molecule has 1 unspecified atom stereocenters. The van der Waals surface area contributed by atoms with Crippen LogP contribution in [-0.2, 0) is 23.1 Å². The Hall–Kier alpha value is -2.87. The first-order valence-electron chi connectivity index (χ1n) is 10.6. The fourth-order valence-electron chi connectivity index (χ4n) is 4.04. The maximum Gasteiger partial charge on any atom is 0.226 e. The number of benzene rings is 1. The van der Waals surface area contributed by atoms with Gasteiger partial charge in [0.1, 0.15) is 6.10 Å². The van der Waals surface area contributed by atoms with E-state index in [0.717, 1.165) is 55.2 Å². The smallest absolute Gasteiger partial charge is 0.226 e. The van der Waals surface area contributed by atoms with Gasteiger partial charge in [0.25, 0.3) is 0 Å². The SMILES string of the molecule is CN=C(NCc1ccc(N2CCCCC2=O)cc1)N1CCOC(c2cnn(C)c2)C1. The number of carbonyl (C=O) groups is 1. The number of piperidine rings is 1. The highest BCUT2D eigenvalue weighted by atomic mass is 16.5. The van der Waals surface area contributed by atoms with Crippen LogP contribution in [0.15, 0.2) is 41.7 Å². The molecule has 2 saturated heterocycles. The quantitative estimate of drug-likeness (QED) is 0.617. The molecule has 4 rings (SSSR count). The second kappa shape index (κ2) is 9.30. The van der Waals surface area contributed by atoms with Crippen molar-refractivity contribution in [2.24, 2.45) is 12.0 Å². The lowest BCUT2D eigenvalue weighted by Gasteiger charge is -2.34. The van der Waals surface area contributed by atoms with Crippen molar-refractivity contribution in [3.63, 3.8) is 0 Å². The van der Waals surface area contributed by atoms with Crippen LogP contribution in [0.25, 0.3) is 0 Å². The van der Waals surface area contributed by atoms with Crippen molar-refractivity contribution in [3.8, 4) is 0 Å². The third-order valence-corrected chi connectivity index (χ3v) is 5.70. The number of aliphatic imine (C=N–C) groups is 1. The van der Waals surface area contributed by atoms with Crippen molar-refractivity contribution in [2.75, 3.05) is 38.2 Å². The largest absolute Gasteiger partial charge is 0.370 e. The topological polar surface area (TPSA) is 75.0 Å². The first-order chi connectivity index (χ1) is 14.6. The molecule has 0 saturated carbocycles. The predicted octanol–water partition coefficient (Wildman–Crippen LogP) is 2.09. The third-order valence-electron chi connectivity index (χ3n) is 5.70. The van der Waals surface area contributed by atoms with Gasteiger partial charge in [0, 0.05) is 57.6 Å². The van der Waals surface area contributed by atoms with Crippen molar-refractivity contribution in [3.05, 3.63) is 47.8 Å². The van der Waals surface area contributed by atoms with Crippen molar-refractivity contribution in [1.82, 2.24) is 20.0 Å². The predicted molar refractivity (Wildman–Crippen MR) is 116 cm³/mol. The van der Waals surface area contributed by atoms with E-state index < -0.39 is 0 Å². The summed E-state index contributed by atoms with van der Waals surface area (Å²) >= 11 is 0. The minimum absolute atomic E-state index is 0.00707. The van der Waals surface area contributed by atoms with Crippen molar-refractivity contribution in [2.45, 2.75) is 31.9 Å². The summed E-state index contributed by atoms with van der Waals surface area (Å²) in [4.78, 5) is 20.7. The van der Waals surface area contributed by atoms with E-state index in [9.17, 15) is 4.79 Å². The van der Waals surface area contributed by atoms with Gasteiger partial charge in [-0.1, -0.05) is 12.1 Å². The summed E-state index contributed by atoms with van der Waals surface area (Å²) in [5.41, 5.74) is 3.22. The van der Waals surface area contributed by atoms with Crippen LogP contribution in [-0.4, -0.2) is 59.8 Å². The summed E-state index contributed by atoms with van der Waals surface area (Å²) in [6, 6.07) is 8.23. The standard InChI is InChI=1S/C22H30N6O2/c1-23-22(27-11-12-30-20(16-27)18-14-25-26(2)15-18)24-13-17-6-8-19(9-7-17)28-10-4-3-5-21(28)29/h6-9,14-15,20H,3-5,10-13,16H2,1-2H3,(H,23,24). The average molecular weight is 411 g/mol. The average Bonchev–Trinajstić information content (AvgIpc) is 3.22. The normalized spacial score (nSPS) is 20.5. The maximum absolute atomic E-state index is 12.1. The second-order valence-corrected chi connectivity index (χ2v) is 7.82. The van der Waals surface area contributed by atoms with Gasteiger partial charge in [-0.15, -0.1) is 0 Å². The lowest BCUT2D eigenvalue weighted by molar-refractivity contribution is -0.119. The molecule has 3 heterocycles. The molecule has 2 fully saturated rings. The minimum Gasteiger partial charge on any atom is -0.370 e. The van der Waals surface area contributed by atoms with Crippen molar-refractivity contribution >= 4 is 17.6 Å². The summed E-state index contributed by atoms with van der Waals surface area (Å²) < 4.78 is 7.73. The van der Waals surface area contributed by atoms with Crippen LogP contribution in [0.5, 0.6) is 0 Å². The number of nitrogens with zero attached hydrogens (tertiary/aromatic N) is 5. The van der Waals surface area contributed by atoms with Gasteiger partial charge in [-0.2, -0.15) is 5.10 Å². The first kappa shape index (κ1) is 20.4. The Balaban J connectivity index is 1.34. The first-order valence-corrected chi connectivity index (χ1v) is 10.6. The number of carbonyl (C=O) groups excluding carboxylic acids is 1. The van der Waals surface area contributed by atoms with E-state index in [2.05, 4.69) is 32.4 Å². The number of ether oxygens (including phenoxy) is 1. The van der Waals surface area contributed by atoms with Crippen LogP contribution in [0.1, 0.15) is 36.5 Å². The van der Waals surface area contributed by atoms with E-state index in [1.165, 1.54) is 0 Å². The molecule has 0 radical (unpaired) electrons. The molecule has 2 aromatic rings. The minimum atomic E-state index is -0.00707. The number of aromatic nitrogens is 2. The zero-order valence-electron chi connectivity index (χ0n) is 17.8. The molecule has 0 bridgehead atoms. The van der Waals surface area contributed by atoms with Gasteiger partial charge in [0.2, 0.25) is 5.91 Å². The Morgan fingerprint density at radius 2 is 2.10 bits per heavy atom. The Bertz CT molecular complexity index is 891. The fourth-order valence-corrected chi connectivity index (χ4v) is 4.04. The Morgan fingerprint density at radius 1 is 1.27 bits per heavy atom. The molecule has 8 nitrogen and oxygen atoms in total. The summed E-state index contributed by atoms with van der Waals surface area (Å²) in [7, 11) is 3.72. The molecule has 2 aliphatic heterocycles. The van der Waals surface area contributed by atoms with Gasteiger partial charge < -0.3 is 19.9 Å². The van der Waals surface area contributed by atoms with E-state index in [-0.39, 0.29) is 12.0 Å². The molecule has 8 heteroatoms. The lowest BCUT2D eigenvalue weighted by atomic mass is 10.1. The Morgan fingerprint density at radius 3 is 2.80 bits per heavy atom. The van der Waals surface area contributed by atoms with Crippen LogP contribution >= 0.6 is 0 Å². The van der Waals surface area contributed by atoms with Gasteiger partial charge in [-0.3, -0.25) is 14.5 Å². The van der Waals surface area contributed by atoms with Gasteiger partial charge in [0.05, 0.1) is 19.3 Å². The molecule has 160 valence electrons. The number of morpholine rings is 1. The fraction of sp³-hybridized carbons (Fsp3) is 0.500. The number of nitrogens with one attached hydrogen (secondary N) is 1. The van der Waals surface area contributed by atoms with E-state index in [1.54, 1.807) is 4.68 Å². The molecule has 2 aliphatic rings. The van der Waals surface area contributed by atoms with E-state index >= 15 is 0 Å². The number of hydrogen-bond acceptors (Lipinski definition) is 4. The molecule has 1 amide bonds. The summed E-state index contributed by atoms with van der Waals surface area (Å²) in [5, 5.41) is 7.71. The Labute approximate surface area is 177 Å². The van der Waals surface area contributed by atoms with E-state index in [0.29, 0.717) is 19.6 Å². The van der Waals surface area contributed by atoms with E-state index in [1.807, 2.05) is 43.5 Å². The van der Waals surface area contributed by atoms with Gasteiger partial charge in [-0.25, -0.2) is 0 Å². The van der Waals surface area contributed by atoms with Crippen LogP contribution < -0.4 is 10.2 Å². The van der Waals surface area contributed by atoms with Crippen LogP contribution in [0.2, 0.25) is 0 Å². The maximum atomic E-state index is 12.1. The third kappa shape index (κ3) is 4.64. The number of guanidine groups is 1. The van der Waals surface area contributed by atoms with Crippen LogP contribution in [0.3, 0.4) is 0 Å². The van der Waals surface area contributed by atoms with Crippen LogP contribution in [0.4, 0.5) is 5.69 Å². The number of aryl methyl sites for hydroxylation is 1. The molecule has 30 heavy (non-hydrogen) atoms. The second-order valence-electron chi connectivity index (χ2n) is 7.82. The van der Waals surface area contributed by atoms with Gasteiger partial charge >= 0.3 is 0 Å². The molecular weight excluding hydrogens is 380 g/mol. The summed E-state index contributed by atoms with van der Waals surface area (Å²) in [5.74, 6) is 1.09. The lowest BCUT2D eigenvalue weighted by Crippen LogP contribution is -2.47. The zero-order chi connectivity index (χ0) is 20.9. The van der Waals surface area contributed by atoms with E-state index in [4.69, 9.17) is 4.74 Å².